The third-order valence-electron chi connectivity index (χ3n) is 4.78. The summed E-state index contributed by atoms with van der Waals surface area (Å²) in [5.41, 5.74) is 2.63. The molecule has 4 aromatic rings. The molecule has 0 saturated heterocycles. The van der Waals surface area contributed by atoms with Crippen molar-refractivity contribution in [1.82, 2.24) is 29.9 Å². The van der Waals surface area contributed by atoms with Gasteiger partial charge in [-0.3, -0.25) is 14.7 Å². The molecule has 0 spiro atoms. The maximum Gasteiger partial charge on any atom is 0.277 e. The maximum absolute atomic E-state index is 13.4. The van der Waals surface area contributed by atoms with Gasteiger partial charge >= 0.3 is 0 Å². The minimum absolute atomic E-state index is 0.153. The van der Waals surface area contributed by atoms with E-state index in [4.69, 9.17) is 0 Å². The van der Waals surface area contributed by atoms with Crippen LogP contribution in [0.25, 0.3) is 16.7 Å². The van der Waals surface area contributed by atoms with E-state index >= 15 is 0 Å². The second-order valence-corrected chi connectivity index (χ2v) is 6.61. The van der Waals surface area contributed by atoms with Crippen LogP contribution in [0.5, 0.6) is 0 Å². The van der Waals surface area contributed by atoms with Gasteiger partial charge in [-0.25, -0.2) is 14.4 Å². The van der Waals surface area contributed by atoms with Crippen molar-refractivity contribution < 1.29 is 9.18 Å². The van der Waals surface area contributed by atoms with E-state index in [0.717, 1.165) is 16.5 Å². The van der Waals surface area contributed by atoms with Crippen LogP contribution in [0.4, 0.5) is 4.39 Å². The molecule has 0 atom stereocenters. The number of nitrogens with one attached hydrogen (secondary N) is 3. The Balaban J connectivity index is 1.35. The topological polar surface area (TPSA) is 108 Å². The lowest BCUT2D eigenvalue weighted by Crippen LogP contribution is -2.28. The quantitative estimate of drug-likeness (QED) is 0.471. The van der Waals surface area contributed by atoms with Gasteiger partial charge in [0.25, 0.3) is 11.3 Å². The van der Waals surface area contributed by atoms with Crippen molar-refractivity contribution in [3.8, 4) is 0 Å². The molecule has 0 aliphatic heterocycles. The largest absolute Gasteiger partial charge is 0.361 e. The van der Waals surface area contributed by atoms with Crippen molar-refractivity contribution in [3.63, 3.8) is 0 Å². The first-order valence-electron chi connectivity index (χ1n) is 8.97. The Morgan fingerprint density at radius 3 is 3.04 bits per heavy atom. The van der Waals surface area contributed by atoms with E-state index in [1.54, 1.807) is 13.0 Å². The summed E-state index contributed by atoms with van der Waals surface area (Å²) in [6, 6.07) is 4.58. The van der Waals surface area contributed by atoms with Gasteiger partial charge in [0, 0.05) is 35.6 Å². The van der Waals surface area contributed by atoms with Crippen LogP contribution in [0.15, 0.2) is 35.5 Å². The molecule has 1 aromatic carbocycles. The lowest BCUT2D eigenvalue weighted by atomic mass is 10.1. The van der Waals surface area contributed by atoms with Gasteiger partial charge in [-0.1, -0.05) is 0 Å². The number of aromatic nitrogens is 5. The molecule has 0 aliphatic carbocycles. The van der Waals surface area contributed by atoms with E-state index in [2.05, 4.69) is 25.4 Å². The minimum atomic E-state index is -0.290. The van der Waals surface area contributed by atoms with Crippen molar-refractivity contribution in [3.05, 3.63) is 63.7 Å². The summed E-state index contributed by atoms with van der Waals surface area (Å²) < 4.78 is 14.7. The lowest BCUT2D eigenvalue weighted by Gasteiger charge is -2.07. The summed E-state index contributed by atoms with van der Waals surface area (Å²) in [7, 11) is 0. The molecule has 0 unspecified atom stereocenters. The van der Waals surface area contributed by atoms with Crippen LogP contribution in [0.1, 0.15) is 23.2 Å². The second-order valence-electron chi connectivity index (χ2n) is 6.61. The van der Waals surface area contributed by atoms with Crippen molar-refractivity contribution in [2.24, 2.45) is 0 Å². The molecule has 9 heteroatoms. The highest BCUT2D eigenvalue weighted by Gasteiger charge is 2.13. The lowest BCUT2D eigenvalue weighted by molar-refractivity contribution is -0.121. The van der Waals surface area contributed by atoms with E-state index in [0.29, 0.717) is 36.4 Å². The first-order valence-corrected chi connectivity index (χ1v) is 8.97. The Hall–Kier alpha value is -3.49. The number of aryl methyl sites for hydroxylation is 1. The fourth-order valence-corrected chi connectivity index (χ4v) is 3.30. The van der Waals surface area contributed by atoms with E-state index < -0.39 is 0 Å². The molecule has 0 radical (unpaired) electrons. The van der Waals surface area contributed by atoms with Gasteiger partial charge in [0.2, 0.25) is 5.91 Å². The number of rotatable bonds is 6. The summed E-state index contributed by atoms with van der Waals surface area (Å²) in [6.45, 7) is 2.16. The molecule has 3 aromatic heterocycles. The Bertz CT molecular complexity index is 1220. The number of carbonyl (C=O) groups excluding carboxylic acids is 1. The Kier molecular flexibility index (Phi) is 4.64. The third kappa shape index (κ3) is 3.38. The zero-order valence-corrected chi connectivity index (χ0v) is 15.3. The van der Waals surface area contributed by atoms with Crippen LogP contribution in [-0.2, 0) is 17.6 Å². The molecular formula is C19H19FN6O2. The number of carbonyl (C=O) groups is 1. The number of benzene rings is 1. The van der Waals surface area contributed by atoms with Gasteiger partial charge in [0.1, 0.15) is 12.1 Å². The fraction of sp³-hybridized carbons (Fsp3) is 0.263. The monoisotopic (exact) mass is 382 g/mol. The molecule has 0 aliphatic rings. The summed E-state index contributed by atoms with van der Waals surface area (Å²) in [6.07, 6.45) is 4.28. The molecule has 1 amide bonds. The average Bonchev–Trinajstić information content (AvgIpc) is 3.28. The third-order valence-corrected chi connectivity index (χ3v) is 4.78. The van der Waals surface area contributed by atoms with Crippen molar-refractivity contribution in [2.75, 3.05) is 6.54 Å². The predicted octanol–water partition coefficient (Wildman–Crippen LogP) is 1.64. The van der Waals surface area contributed by atoms with Gasteiger partial charge in [-0.15, -0.1) is 0 Å². The second kappa shape index (κ2) is 7.26. The number of fused-ring (bicyclic) bond motifs is 2. The standard InChI is InChI=1S/C19H19FN6O2/c1-11-14(18(28)26-19(25-11)23-10-24-26)3-5-17(27)21-7-6-12-9-22-16-4-2-13(20)8-15(12)16/h2,4,8-10,22H,3,5-7H2,1H3,(H,21,27)(H,23,24,25). The fourth-order valence-electron chi connectivity index (χ4n) is 3.30. The van der Waals surface area contributed by atoms with E-state index in [-0.39, 0.29) is 23.7 Å². The number of aromatic amines is 2. The van der Waals surface area contributed by atoms with Gasteiger partial charge < -0.3 is 10.3 Å². The minimum Gasteiger partial charge on any atom is -0.361 e. The number of nitrogens with zero attached hydrogens (tertiary/aromatic N) is 3. The van der Waals surface area contributed by atoms with Crippen LogP contribution >= 0.6 is 0 Å². The number of halogens is 1. The van der Waals surface area contributed by atoms with Gasteiger partial charge in [-0.2, -0.15) is 4.52 Å². The van der Waals surface area contributed by atoms with E-state index in [1.165, 1.54) is 23.0 Å². The van der Waals surface area contributed by atoms with Gasteiger partial charge in [0.05, 0.1) is 5.69 Å². The molecule has 8 nitrogen and oxygen atoms in total. The zero-order valence-electron chi connectivity index (χ0n) is 15.3. The zero-order chi connectivity index (χ0) is 19.7. The highest BCUT2D eigenvalue weighted by atomic mass is 19.1. The summed E-state index contributed by atoms with van der Waals surface area (Å²) in [5.74, 6) is -0.132. The number of H-pyrrole nitrogens is 2. The number of hydrogen-bond acceptors (Lipinski definition) is 4. The van der Waals surface area contributed by atoms with Gasteiger partial charge in [0.15, 0.2) is 0 Å². The molecule has 3 heterocycles. The van der Waals surface area contributed by atoms with Crippen LogP contribution in [0.2, 0.25) is 0 Å². The molecule has 0 fully saturated rings. The van der Waals surface area contributed by atoms with Crippen LogP contribution in [0.3, 0.4) is 0 Å². The molecule has 0 saturated carbocycles. The van der Waals surface area contributed by atoms with Gasteiger partial charge in [-0.05, 0) is 43.5 Å². The van der Waals surface area contributed by atoms with Crippen molar-refractivity contribution in [2.45, 2.75) is 26.2 Å². The Labute approximate surface area is 158 Å². The average molecular weight is 382 g/mol. The molecule has 3 N–H and O–H groups in total. The molecule has 4 rings (SSSR count). The molecule has 144 valence electrons. The summed E-state index contributed by atoms with van der Waals surface area (Å²) in [5, 5.41) is 6.37. The predicted molar refractivity (Wildman–Crippen MR) is 102 cm³/mol. The number of hydrogen-bond donors (Lipinski definition) is 3. The van der Waals surface area contributed by atoms with E-state index in [1.807, 2.05) is 6.20 Å². The van der Waals surface area contributed by atoms with Crippen LogP contribution in [0, 0.1) is 12.7 Å². The smallest absolute Gasteiger partial charge is 0.277 e. The van der Waals surface area contributed by atoms with Crippen molar-refractivity contribution in [1.29, 1.82) is 0 Å². The van der Waals surface area contributed by atoms with Crippen molar-refractivity contribution >= 4 is 22.6 Å². The van der Waals surface area contributed by atoms with Crippen LogP contribution < -0.4 is 10.9 Å². The first kappa shape index (κ1) is 17.9. The van der Waals surface area contributed by atoms with E-state index in [9.17, 15) is 14.0 Å². The Morgan fingerprint density at radius 2 is 2.18 bits per heavy atom. The summed E-state index contributed by atoms with van der Waals surface area (Å²) >= 11 is 0. The van der Waals surface area contributed by atoms with Crippen LogP contribution in [-0.4, -0.2) is 37.0 Å². The highest BCUT2D eigenvalue weighted by Crippen LogP contribution is 2.19. The normalized spacial score (nSPS) is 11.4. The Morgan fingerprint density at radius 1 is 1.32 bits per heavy atom. The summed E-state index contributed by atoms with van der Waals surface area (Å²) in [4.78, 5) is 35.9. The number of amides is 1. The molecule has 0 bridgehead atoms. The maximum atomic E-state index is 13.4. The first-order chi connectivity index (χ1) is 13.5. The molecular weight excluding hydrogens is 363 g/mol. The SMILES string of the molecule is Cc1nc2nc[nH]n2c(=O)c1CCC(=O)NCCc1c[nH]c2ccc(F)cc12. The molecule has 28 heavy (non-hydrogen) atoms. The highest BCUT2D eigenvalue weighted by molar-refractivity contribution is 5.83.